The number of hydrogen-bond donors (Lipinski definition) is 1. The quantitative estimate of drug-likeness (QED) is 0.394. The molecule has 4 aromatic rings. The monoisotopic (exact) mass is 481 g/mol. The van der Waals surface area contributed by atoms with Crippen LogP contribution in [0.1, 0.15) is 31.0 Å². The molecule has 31 heavy (non-hydrogen) atoms. The Morgan fingerprint density at radius 2 is 1.84 bits per heavy atom. The molecular formula is C24H25BrFN5. The van der Waals surface area contributed by atoms with Gasteiger partial charge in [-0.15, -0.1) is 0 Å². The van der Waals surface area contributed by atoms with Crippen molar-refractivity contribution in [1.29, 1.82) is 0 Å². The van der Waals surface area contributed by atoms with Crippen molar-refractivity contribution in [1.82, 2.24) is 19.5 Å². The predicted molar refractivity (Wildman–Crippen MR) is 127 cm³/mol. The molecule has 7 heteroatoms. The van der Waals surface area contributed by atoms with Gasteiger partial charge in [0.05, 0.1) is 22.4 Å². The van der Waals surface area contributed by atoms with Gasteiger partial charge in [0, 0.05) is 24.7 Å². The molecule has 2 aromatic heterocycles. The minimum Gasteiger partial charge on any atom is -0.362 e. The van der Waals surface area contributed by atoms with Crippen LogP contribution in [0.25, 0.3) is 16.9 Å². The van der Waals surface area contributed by atoms with E-state index in [4.69, 9.17) is 0 Å². The SMILES string of the molecule is CC.CN1Cc2ccccc2C(Nc2cc(-c3ccccc3F)nc3c(Br)cnn23)C1. The van der Waals surface area contributed by atoms with E-state index in [9.17, 15) is 4.39 Å². The highest BCUT2D eigenvalue weighted by atomic mass is 79.9. The third-order valence-corrected chi connectivity index (χ3v) is 5.83. The van der Waals surface area contributed by atoms with Gasteiger partial charge in [-0.3, -0.25) is 4.90 Å². The second-order valence-corrected chi connectivity index (χ2v) is 8.18. The van der Waals surface area contributed by atoms with Gasteiger partial charge < -0.3 is 5.32 Å². The van der Waals surface area contributed by atoms with Gasteiger partial charge in [0.15, 0.2) is 5.65 Å². The Morgan fingerprint density at radius 1 is 1.10 bits per heavy atom. The molecule has 0 bridgehead atoms. The molecule has 0 radical (unpaired) electrons. The van der Waals surface area contributed by atoms with Crippen molar-refractivity contribution in [3.63, 3.8) is 0 Å². The molecule has 1 atom stereocenters. The highest BCUT2D eigenvalue weighted by Crippen LogP contribution is 2.32. The van der Waals surface area contributed by atoms with Crippen LogP contribution in [-0.4, -0.2) is 33.1 Å². The fourth-order valence-electron chi connectivity index (χ4n) is 3.93. The van der Waals surface area contributed by atoms with Crippen molar-refractivity contribution < 1.29 is 4.39 Å². The predicted octanol–water partition coefficient (Wildman–Crippen LogP) is 5.92. The summed E-state index contributed by atoms with van der Waals surface area (Å²) in [6, 6.07) is 17.1. The lowest BCUT2D eigenvalue weighted by molar-refractivity contribution is 0.291. The van der Waals surface area contributed by atoms with Crippen LogP contribution in [0.5, 0.6) is 0 Å². The van der Waals surface area contributed by atoms with Crippen LogP contribution >= 0.6 is 15.9 Å². The molecule has 2 aromatic carbocycles. The van der Waals surface area contributed by atoms with Crippen molar-refractivity contribution in [2.75, 3.05) is 18.9 Å². The summed E-state index contributed by atoms with van der Waals surface area (Å²) in [5.74, 6) is 0.475. The summed E-state index contributed by atoms with van der Waals surface area (Å²) >= 11 is 3.51. The highest BCUT2D eigenvalue weighted by molar-refractivity contribution is 9.10. The van der Waals surface area contributed by atoms with Gasteiger partial charge in [0.2, 0.25) is 0 Å². The Labute approximate surface area is 190 Å². The van der Waals surface area contributed by atoms with Crippen LogP contribution in [0.3, 0.4) is 0 Å². The number of rotatable bonds is 3. The number of likely N-dealkylation sites (N-methyl/N-ethyl adjacent to an activating group) is 1. The molecule has 1 aliphatic heterocycles. The molecule has 0 fully saturated rings. The van der Waals surface area contributed by atoms with E-state index in [1.807, 2.05) is 26.0 Å². The minimum atomic E-state index is -0.298. The lowest BCUT2D eigenvalue weighted by Crippen LogP contribution is -2.34. The van der Waals surface area contributed by atoms with E-state index in [-0.39, 0.29) is 11.9 Å². The van der Waals surface area contributed by atoms with Gasteiger partial charge in [0.25, 0.3) is 0 Å². The number of aromatic nitrogens is 3. The minimum absolute atomic E-state index is 0.0898. The maximum atomic E-state index is 14.4. The second-order valence-electron chi connectivity index (χ2n) is 7.33. The smallest absolute Gasteiger partial charge is 0.172 e. The average Bonchev–Trinajstić information content (AvgIpc) is 3.16. The normalized spacial score (nSPS) is 15.8. The van der Waals surface area contributed by atoms with Crippen LogP contribution in [0, 0.1) is 5.82 Å². The van der Waals surface area contributed by atoms with E-state index in [0.717, 1.165) is 23.4 Å². The summed E-state index contributed by atoms with van der Waals surface area (Å²) in [7, 11) is 2.11. The van der Waals surface area contributed by atoms with Crippen LogP contribution in [0.15, 0.2) is 65.3 Å². The van der Waals surface area contributed by atoms with Crippen LogP contribution in [-0.2, 0) is 6.54 Å². The molecule has 0 saturated heterocycles. The number of anilines is 1. The summed E-state index contributed by atoms with van der Waals surface area (Å²) in [5.41, 5.74) is 4.25. The standard InChI is InChI=1S/C22H19BrFN5.C2H6/c1-28-12-14-6-2-3-7-15(14)20(13-28)26-21-10-19(16-8-4-5-9-18(16)24)27-22-17(23)11-25-29(21)22;1-2/h2-11,20,26H,12-13H2,1H3;1-2H3. The fraction of sp³-hybridized carbons (Fsp3) is 0.250. The molecule has 160 valence electrons. The van der Waals surface area contributed by atoms with E-state index >= 15 is 0 Å². The van der Waals surface area contributed by atoms with E-state index in [1.165, 1.54) is 17.2 Å². The van der Waals surface area contributed by atoms with Crippen LogP contribution < -0.4 is 5.32 Å². The molecule has 0 amide bonds. The zero-order chi connectivity index (χ0) is 22.0. The Hall–Kier alpha value is -2.77. The molecule has 1 N–H and O–H groups in total. The first-order valence-corrected chi connectivity index (χ1v) is 11.2. The van der Waals surface area contributed by atoms with Crippen molar-refractivity contribution in [2.24, 2.45) is 0 Å². The maximum absolute atomic E-state index is 14.4. The summed E-state index contributed by atoms with van der Waals surface area (Å²) in [4.78, 5) is 6.93. The summed E-state index contributed by atoms with van der Waals surface area (Å²) in [5, 5.41) is 8.08. The largest absolute Gasteiger partial charge is 0.362 e. The Morgan fingerprint density at radius 3 is 2.65 bits per heavy atom. The Balaban J connectivity index is 0.00000112. The fourth-order valence-corrected chi connectivity index (χ4v) is 4.28. The van der Waals surface area contributed by atoms with E-state index in [1.54, 1.807) is 22.8 Å². The van der Waals surface area contributed by atoms with Gasteiger partial charge in [-0.1, -0.05) is 50.2 Å². The number of nitrogens with one attached hydrogen (secondary N) is 1. The van der Waals surface area contributed by atoms with Gasteiger partial charge >= 0.3 is 0 Å². The zero-order valence-corrected chi connectivity index (χ0v) is 19.4. The number of hydrogen-bond acceptors (Lipinski definition) is 4. The number of fused-ring (bicyclic) bond motifs is 2. The number of benzene rings is 2. The van der Waals surface area contributed by atoms with Gasteiger partial charge in [-0.25, -0.2) is 9.37 Å². The molecule has 0 spiro atoms. The Bertz CT molecular complexity index is 1210. The van der Waals surface area contributed by atoms with E-state index in [0.29, 0.717) is 16.9 Å². The molecule has 5 nitrogen and oxygen atoms in total. The average molecular weight is 482 g/mol. The second kappa shape index (κ2) is 9.16. The lowest BCUT2D eigenvalue weighted by atomic mass is 9.95. The van der Waals surface area contributed by atoms with Crippen molar-refractivity contribution in [3.05, 3.63) is 82.2 Å². The Kier molecular flexibility index (Phi) is 6.34. The molecule has 1 unspecified atom stereocenters. The van der Waals surface area contributed by atoms with E-state index in [2.05, 4.69) is 67.5 Å². The van der Waals surface area contributed by atoms with E-state index < -0.39 is 0 Å². The summed E-state index contributed by atoms with van der Waals surface area (Å²) < 4.78 is 17.0. The number of nitrogens with zero attached hydrogens (tertiary/aromatic N) is 4. The lowest BCUT2D eigenvalue weighted by Gasteiger charge is -2.33. The molecule has 3 heterocycles. The first-order valence-electron chi connectivity index (χ1n) is 10.4. The highest BCUT2D eigenvalue weighted by Gasteiger charge is 2.24. The van der Waals surface area contributed by atoms with Crippen molar-refractivity contribution in [3.8, 4) is 11.3 Å². The van der Waals surface area contributed by atoms with Crippen LogP contribution in [0.4, 0.5) is 10.2 Å². The molecule has 0 saturated carbocycles. The van der Waals surface area contributed by atoms with Gasteiger partial charge in [-0.2, -0.15) is 9.61 Å². The van der Waals surface area contributed by atoms with Crippen LogP contribution in [0.2, 0.25) is 0 Å². The first kappa shape index (κ1) is 21.5. The summed E-state index contributed by atoms with van der Waals surface area (Å²) in [6.45, 7) is 5.78. The number of halogens is 2. The molecule has 1 aliphatic rings. The first-order chi connectivity index (χ1) is 15.1. The summed E-state index contributed by atoms with van der Waals surface area (Å²) in [6.07, 6.45) is 1.71. The third-order valence-electron chi connectivity index (χ3n) is 5.27. The zero-order valence-electron chi connectivity index (χ0n) is 17.8. The van der Waals surface area contributed by atoms with Crippen molar-refractivity contribution in [2.45, 2.75) is 26.4 Å². The maximum Gasteiger partial charge on any atom is 0.172 e. The molecule has 0 aliphatic carbocycles. The third kappa shape index (κ3) is 4.20. The molecule has 5 rings (SSSR count). The van der Waals surface area contributed by atoms with Crippen molar-refractivity contribution >= 4 is 27.4 Å². The van der Waals surface area contributed by atoms with Gasteiger partial charge in [-0.05, 0) is 46.2 Å². The topological polar surface area (TPSA) is 45.5 Å². The van der Waals surface area contributed by atoms with Gasteiger partial charge in [0.1, 0.15) is 11.6 Å². The molecular weight excluding hydrogens is 457 g/mol.